The summed E-state index contributed by atoms with van der Waals surface area (Å²) in [5.41, 5.74) is 3.93. The molecular formula is C26H22ClN3O4S. The van der Waals surface area contributed by atoms with Crippen LogP contribution in [0.1, 0.15) is 11.1 Å². The molecule has 9 heteroatoms. The minimum atomic E-state index is -4.07. The van der Waals surface area contributed by atoms with Crippen molar-refractivity contribution in [2.45, 2.75) is 11.8 Å². The molecule has 0 spiro atoms. The number of aryl methyl sites for hydroxylation is 1. The first kappa shape index (κ1) is 24.3. The van der Waals surface area contributed by atoms with Gasteiger partial charge in [0.2, 0.25) is 0 Å². The van der Waals surface area contributed by atoms with Gasteiger partial charge in [-0.2, -0.15) is 5.10 Å². The number of hydrogen-bond acceptors (Lipinski definition) is 5. The van der Waals surface area contributed by atoms with Crippen LogP contribution in [0.4, 0.5) is 5.69 Å². The highest BCUT2D eigenvalue weighted by Crippen LogP contribution is 2.27. The Morgan fingerprint density at radius 2 is 1.77 bits per heavy atom. The lowest BCUT2D eigenvalue weighted by molar-refractivity contribution is -0.119. The van der Waals surface area contributed by atoms with E-state index in [1.54, 1.807) is 42.5 Å². The summed E-state index contributed by atoms with van der Waals surface area (Å²) >= 11 is 6.09. The topological polar surface area (TPSA) is 99.1 Å². The van der Waals surface area contributed by atoms with E-state index < -0.39 is 22.5 Å². The fourth-order valence-electron chi connectivity index (χ4n) is 3.54. The highest BCUT2D eigenvalue weighted by molar-refractivity contribution is 7.92. The highest BCUT2D eigenvalue weighted by atomic mass is 35.5. The smallest absolute Gasteiger partial charge is 0.264 e. The Morgan fingerprint density at radius 3 is 2.51 bits per heavy atom. The van der Waals surface area contributed by atoms with Gasteiger partial charge in [-0.25, -0.2) is 13.8 Å². The lowest BCUT2D eigenvalue weighted by Gasteiger charge is -2.24. The monoisotopic (exact) mass is 507 g/mol. The van der Waals surface area contributed by atoms with Crippen LogP contribution in [0.15, 0.2) is 94.9 Å². The number of nitrogens with zero attached hydrogens (tertiary/aromatic N) is 2. The number of rotatable bonds is 7. The van der Waals surface area contributed by atoms with Crippen LogP contribution in [-0.4, -0.2) is 32.2 Å². The van der Waals surface area contributed by atoms with E-state index in [1.165, 1.54) is 24.4 Å². The Hall–Kier alpha value is -3.88. The zero-order valence-corrected chi connectivity index (χ0v) is 20.3. The van der Waals surface area contributed by atoms with Crippen molar-refractivity contribution < 1.29 is 18.3 Å². The largest absolute Gasteiger partial charge is 0.507 e. The van der Waals surface area contributed by atoms with Crippen molar-refractivity contribution in [2.75, 3.05) is 10.8 Å². The van der Waals surface area contributed by atoms with Crippen LogP contribution in [0.5, 0.6) is 5.75 Å². The third-order valence-electron chi connectivity index (χ3n) is 5.32. The number of hydrogen-bond donors (Lipinski definition) is 2. The molecule has 4 aromatic rings. The minimum absolute atomic E-state index is 0.00389. The Labute approximate surface area is 208 Å². The zero-order chi connectivity index (χ0) is 25.0. The summed E-state index contributed by atoms with van der Waals surface area (Å²) in [6.45, 7) is 1.32. The summed E-state index contributed by atoms with van der Waals surface area (Å²) in [5, 5.41) is 16.2. The van der Waals surface area contributed by atoms with Crippen molar-refractivity contribution in [1.82, 2.24) is 5.43 Å². The first-order valence-electron chi connectivity index (χ1n) is 10.6. The summed E-state index contributed by atoms with van der Waals surface area (Å²) in [7, 11) is -4.07. The second kappa shape index (κ2) is 10.2. The minimum Gasteiger partial charge on any atom is -0.507 e. The lowest BCUT2D eigenvalue weighted by Crippen LogP contribution is -2.39. The van der Waals surface area contributed by atoms with E-state index in [9.17, 15) is 18.3 Å². The summed E-state index contributed by atoms with van der Waals surface area (Å²) in [6.07, 6.45) is 1.33. The SMILES string of the molecule is Cc1ccc(S(=O)(=O)N(CC(=O)N/N=C\c2c(O)ccc3ccccc23)c2cccc(Cl)c2)cc1. The number of anilines is 1. The van der Waals surface area contributed by atoms with Crippen LogP contribution in [0.2, 0.25) is 5.02 Å². The number of phenols is 1. The maximum absolute atomic E-state index is 13.4. The van der Waals surface area contributed by atoms with Crippen molar-refractivity contribution >= 4 is 50.2 Å². The molecule has 0 saturated heterocycles. The molecule has 2 N–H and O–H groups in total. The highest BCUT2D eigenvalue weighted by Gasteiger charge is 2.27. The van der Waals surface area contributed by atoms with Crippen molar-refractivity contribution in [3.8, 4) is 5.75 Å². The average molecular weight is 508 g/mol. The number of hydrazone groups is 1. The van der Waals surface area contributed by atoms with Gasteiger partial charge in [0.25, 0.3) is 15.9 Å². The Kier molecular flexibility index (Phi) is 7.04. The number of carbonyl (C=O) groups excluding carboxylic acids is 1. The van der Waals surface area contributed by atoms with E-state index in [0.717, 1.165) is 20.6 Å². The number of benzene rings is 4. The van der Waals surface area contributed by atoms with Gasteiger partial charge in [0.15, 0.2) is 0 Å². The standard InChI is InChI=1S/C26H22ClN3O4S/c1-18-9-12-22(13-10-18)35(33,34)30(21-7-4-6-20(27)15-21)17-26(32)29-28-16-24-23-8-3-2-5-19(23)11-14-25(24)31/h2-16,31H,17H2,1H3,(H,29,32)/b28-16-. The molecular weight excluding hydrogens is 486 g/mol. The molecule has 0 unspecified atom stereocenters. The number of phenolic OH excluding ortho intramolecular Hbond substituents is 1. The number of amides is 1. The zero-order valence-electron chi connectivity index (χ0n) is 18.7. The molecule has 0 aliphatic carbocycles. The molecule has 178 valence electrons. The molecule has 0 bridgehead atoms. The molecule has 1 amide bonds. The predicted molar refractivity (Wildman–Crippen MR) is 139 cm³/mol. The van der Waals surface area contributed by atoms with E-state index in [-0.39, 0.29) is 16.3 Å². The molecule has 0 radical (unpaired) electrons. The summed E-state index contributed by atoms with van der Waals surface area (Å²) in [6, 6.07) is 23.3. The Morgan fingerprint density at radius 1 is 1.03 bits per heavy atom. The molecule has 0 heterocycles. The van der Waals surface area contributed by atoms with Gasteiger partial charge in [0.05, 0.1) is 16.8 Å². The van der Waals surface area contributed by atoms with E-state index in [2.05, 4.69) is 10.5 Å². The predicted octanol–water partition coefficient (Wildman–Crippen LogP) is 4.85. The maximum Gasteiger partial charge on any atom is 0.264 e. The van der Waals surface area contributed by atoms with Gasteiger partial charge in [-0.15, -0.1) is 0 Å². The van der Waals surface area contributed by atoms with E-state index >= 15 is 0 Å². The molecule has 0 saturated carbocycles. The first-order valence-corrected chi connectivity index (χ1v) is 12.4. The number of nitrogens with one attached hydrogen (secondary N) is 1. The van der Waals surface area contributed by atoms with Crippen molar-refractivity contribution in [3.05, 3.63) is 101 Å². The summed E-state index contributed by atoms with van der Waals surface area (Å²) in [4.78, 5) is 12.8. The Bertz CT molecular complexity index is 1520. The maximum atomic E-state index is 13.4. The van der Waals surface area contributed by atoms with Crippen LogP contribution < -0.4 is 9.73 Å². The molecule has 7 nitrogen and oxygen atoms in total. The van der Waals surface area contributed by atoms with Crippen molar-refractivity contribution in [1.29, 1.82) is 0 Å². The van der Waals surface area contributed by atoms with Crippen LogP contribution in [0, 0.1) is 6.92 Å². The number of halogens is 1. The van der Waals surface area contributed by atoms with Crippen LogP contribution >= 0.6 is 11.6 Å². The number of sulfonamides is 1. The van der Waals surface area contributed by atoms with Crippen LogP contribution in [-0.2, 0) is 14.8 Å². The molecule has 4 rings (SSSR count). The molecule has 0 aliphatic heterocycles. The van der Waals surface area contributed by atoms with Gasteiger partial charge in [0, 0.05) is 10.6 Å². The third-order valence-corrected chi connectivity index (χ3v) is 7.35. The quantitative estimate of drug-likeness (QED) is 0.276. The second-order valence-electron chi connectivity index (χ2n) is 7.82. The summed E-state index contributed by atoms with van der Waals surface area (Å²) in [5.74, 6) is -0.666. The van der Waals surface area contributed by atoms with Gasteiger partial charge in [-0.3, -0.25) is 9.10 Å². The number of carbonyl (C=O) groups is 1. The fourth-order valence-corrected chi connectivity index (χ4v) is 5.14. The molecule has 0 aliphatic rings. The van der Waals surface area contributed by atoms with E-state index in [1.807, 2.05) is 31.2 Å². The molecule has 4 aromatic carbocycles. The summed E-state index contributed by atoms with van der Waals surface area (Å²) < 4.78 is 27.8. The van der Waals surface area contributed by atoms with Crippen molar-refractivity contribution in [3.63, 3.8) is 0 Å². The van der Waals surface area contributed by atoms with Gasteiger partial charge in [0.1, 0.15) is 12.3 Å². The number of fused-ring (bicyclic) bond motifs is 1. The van der Waals surface area contributed by atoms with E-state index in [4.69, 9.17) is 11.6 Å². The third kappa shape index (κ3) is 5.45. The Balaban J connectivity index is 1.60. The normalized spacial score (nSPS) is 11.6. The van der Waals surface area contributed by atoms with Gasteiger partial charge in [-0.1, -0.05) is 65.7 Å². The van der Waals surface area contributed by atoms with Gasteiger partial charge in [-0.05, 0) is 54.1 Å². The molecule has 0 fully saturated rings. The second-order valence-corrected chi connectivity index (χ2v) is 10.1. The van der Waals surface area contributed by atoms with Crippen LogP contribution in [0.25, 0.3) is 10.8 Å². The van der Waals surface area contributed by atoms with Crippen LogP contribution in [0.3, 0.4) is 0 Å². The number of aromatic hydroxyl groups is 1. The average Bonchev–Trinajstić information content (AvgIpc) is 2.84. The fraction of sp³-hybridized carbons (Fsp3) is 0.0769. The molecule has 0 aromatic heterocycles. The molecule has 35 heavy (non-hydrogen) atoms. The van der Waals surface area contributed by atoms with Gasteiger partial charge >= 0.3 is 0 Å². The van der Waals surface area contributed by atoms with Gasteiger partial charge < -0.3 is 5.11 Å². The van der Waals surface area contributed by atoms with E-state index in [0.29, 0.717) is 10.6 Å². The molecule has 0 atom stereocenters. The van der Waals surface area contributed by atoms with Crippen molar-refractivity contribution in [2.24, 2.45) is 5.10 Å². The lowest BCUT2D eigenvalue weighted by atomic mass is 10.0. The first-order chi connectivity index (χ1) is 16.8.